The Bertz CT molecular complexity index is 700. The van der Waals surface area contributed by atoms with Crippen LogP contribution in [0.3, 0.4) is 0 Å². The number of anilines is 2. The normalized spacial score (nSPS) is 15.2. The summed E-state index contributed by atoms with van der Waals surface area (Å²) in [7, 11) is 0. The van der Waals surface area contributed by atoms with Gasteiger partial charge in [-0.15, -0.1) is 0 Å². The van der Waals surface area contributed by atoms with Gasteiger partial charge in [0.05, 0.1) is 16.9 Å². The van der Waals surface area contributed by atoms with Crippen molar-refractivity contribution in [2.24, 2.45) is 0 Å². The molecule has 0 bridgehead atoms. The second-order valence-electron chi connectivity index (χ2n) is 5.78. The molecule has 1 amide bonds. The van der Waals surface area contributed by atoms with Gasteiger partial charge in [-0.2, -0.15) is 0 Å². The van der Waals surface area contributed by atoms with Crippen molar-refractivity contribution in [1.82, 2.24) is 4.98 Å². The Labute approximate surface area is 146 Å². The second-order valence-corrected chi connectivity index (χ2v) is 6.19. The van der Waals surface area contributed by atoms with Gasteiger partial charge >= 0.3 is 0 Å². The van der Waals surface area contributed by atoms with E-state index in [0.29, 0.717) is 16.5 Å². The van der Waals surface area contributed by atoms with Crippen LogP contribution in [0.15, 0.2) is 42.6 Å². The summed E-state index contributed by atoms with van der Waals surface area (Å²) in [5.41, 5.74) is 0.651. The molecule has 0 unspecified atom stereocenters. The fourth-order valence-corrected chi connectivity index (χ4v) is 2.80. The van der Waals surface area contributed by atoms with Crippen LogP contribution in [0.4, 0.5) is 11.5 Å². The molecule has 1 aliphatic rings. The van der Waals surface area contributed by atoms with Gasteiger partial charge in [-0.05, 0) is 44.0 Å². The summed E-state index contributed by atoms with van der Waals surface area (Å²) in [4.78, 5) is 18.9. The predicted molar refractivity (Wildman–Crippen MR) is 95.9 cm³/mol. The molecule has 3 rings (SSSR count). The van der Waals surface area contributed by atoms with Gasteiger partial charge in [-0.1, -0.05) is 23.7 Å². The second kappa shape index (κ2) is 7.53. The molecule has 24 heavy (non-hydrogen) atoms. The van der Waals surface area contributed by atoms with Crippen molar-refractivity contribution in [3.63, 3.8) is 0 Å². The van der Waals surface area contributed by atoms with Crippen LogP contribution in [0.25, 0.3) is 0 Å². The van der Waals surface area contributed by atoms with E-state index in [4.69, 9.17) is 16.3 Å². The lowest BCUT2D eigenvalue weighted by molar-refractivity contribution is -0.122. The van der Waals surface area contributed by atoms with Crippen molar-refractivity contribution in [2.45, 2.75) is 25.9 Å². The Morgan fingerprint density at radius 2 is 2.00 bits per heavy atom. The number of carbonyl (C=O) groups excluding carboxylic acids is 1. The van der Waals surface area contributed by atoms with Crippen LogP contribution < -0.4 is 15.0 Å². The largest absolute Gasteiger partial charge is 0.479 e. The molecule has 1 aliphatic heterocycles. The highest BCUT2D eigenvalue weighted by molar-refractivity contribution is 6.32. The molecule has 2 heterocycles. The third-order valence-corrected chi connectivity index (χ3v) is 4.27. The van der Waals surface area contributed by atoms with Crippen molar-refractivity contribution in [3.8, 4) is 5.75 Å². The highest BCUT2D eigenvalue weighted by atomic mass is 35.5. The van der Waals surface area contributed by atoms with Crippen LogP contribution in [-0.4, -0.2) is 30.1 Å². The number of aromatic nitrogens is 1. The summed E-state index contributed by atoms with van der Waals surface area (Å²) < 4.78 is 5.61. The third-order valence-electron chi connectivity index (χ3n) is 3.96. The average Bonchev–Trinajstić information content (AvgIpc) is 3.12. The first-order chi connectivity index (χ1) is 11.6. The van der Waals surface area contributed by atoms with Crippen LogP contribution in [0, 0.1) is 0 Å². The number of nitrogens with one attached hydrogen (secondary N) is 1. The number of para-hydroxylation sites is 1. The molecule has 6 heteroatoms. The molecule has 1 aromatic carbocycles. The summed E-state index contributed by atoms with van der Waals surface area (Å²) in [6.07, 6.45) is 3.42. The fraction of sp³-hybridized carbons (Fsp3) is 0.333. The molecule has 1 atom stereocenters. The van der Waals surface area contributed by atoms with E-state index in [0.717, 1.165) is 18.9 Å². The minimum atomic E-state index is -0.664. The Kier molecular flexibility index (Phi) is 5.20. The van der Waals surface area contributed by atoms with Crippen LogP contribution >= 0.6 is 11.6 Å². The lowest BCUT2D eigenvalue weighted by Gasteiger charge is -2.17. The SMILES string of the molecule is C[C@@H](Oc1ccccc1Cl)C(=O)Nc1ccc(N2CCCC2)nc1. The van der Waals surface area contributed by atoms with E-state index in [1.807, 2.05) is 24.3 Å². The molecule has 1 aromatic heterocycles. The van der Waals surface area contributed by atoms with Crippen molar-refractivity contribution in [2.75, 3.05) is 23.3 Å². The number of amides is 1. The number of pyridine rings is 1. The molecule has 0 radical (unpaired) electrons. The van der Waals surface area contributed by atoms with Gasteiger partial charge in [0.15, 0.2) is 6.10 Å². The number of carbonyl (C=O) groups is 1. The summed E-state index contributed by atoms with van der Waals surface area (Å²) in [5, 5.41) is 3.29. The van der Waals surface area contributed by atoms with Crippen molar-refractivity contribution < 1.29 is 9.53 Å². The number of hydrogen-bond donors (Lipinski definition) is 1. The van der Waals surface area contributed by atoms with Gasteiger partial charge in [0.1, 0.15) is 11.6 Å². The fourth-order valence-electron chi connectivity index (χ4n) is 2.62. The maximum atomic E-state index is 12.3. The predicted octanol–water partition coefficient (Wildman–Crippen LogP) is 3.74. The van der Waals surface area contributed by atoms with E-state index in [1.165, 1.54) is 12.8 Å². The molecule has 0 spiro atoms. The van der Waals surface area contributed by atoms with Gasteiger partial charge in [-0.3, -0.25) is 4.79 Å². The maximum Gasteiger partial charge on any atom is 0.265 e. The minimum absolute atomic E-state index is 0.245. The van der Waals surface area contributed by atoms with E-state index in [9.17, 15) is 4.79 Å². The lowest BCUT2D eigenvalue weighted by atomic mass is 10.3. The highest BCUT2D eigenvalue weighted by Gasteiger charge is 2.17. The molecule has 5 nitrogen and oxygen atoms in total. The maximum absolute atomic E-state index is 12.3. The topological polar surface area (TPSA) is 54.5 Å². The first-order valence-corrected chi connectivity index (χ1v) is 8.44. The number of halogens is 1. The summed E-state index contributed by atoms with van der Waals surface area (Å²) in [5.74, 6) is 1.20. The van der Waals surface area contributed by atoms with E-state index in [1.54, 1.807) is 25.3 Å². The Morgan fingerprint density at radius 1 is 1.25 bits per heavy atom. The summed E-state index contributed by atoms with van der Waals surface area (Å²) in [6, 6.07) is 10.9. The highest BCUT2D eigenvalue weighted by Crippen LogP contribution is 2.24. The average molecular weight is 346 g/mol. The summed E-state index contributed by atoms with van der Waals surface area (Å²) >= 11 is 6.04. The van der Waals surface area contributed by atoms with Gasteiger partial charge in [0.2, 0.25) is 0 Å². The molecule has 0 aliphatic carbocycles. The first kappa shape index (κ1) is 16.6. The van der Waals surface area contributed by atoms with E-state index in [2.05, 4.69) is 15.2 Å². The number of rotatable bonds is 5. The zero-order valence-electron chi connectivity index (χ0n) is 13.5. The molecular weight excluding hydrogens is 326 g/mol. The Hall–Kier alpha value is -2.27. The molecule has 1 fully saturated rings. The minimum Gasteiger partial charge on any atom is -0.479 e. The lowest BCUT2D eigenvalue weighted by Crippen LogP contribution is -2.30. The monoisotopic (exact) mass is 345 g/mol. The van der Waals surface area contributed by atoms with Gasteiger partial charge in [-0.25, -0.2) is 4.98 Å². The zero-order valence-corrected chi connectivity index (χ0v) is 14.3. The Balaban J connectivity index is 1.58. The smallest absolute Gasteiger partial charge is 0.265 e. The van der Waals surface area contributed by atoms with E-state index in [-0.39, 0.29) is 5.91 Å². The number of ether oxygens (including phenoxy) is 1. The van der Waals surface area contributed by atoms with Crippen molar-refractivity contribution in [1.29, 1.82) is 0 Å². The standard InChI is InChI=1S/C18H20ClN3O2/c1-13(24-16-7-3-2-6-15(16)19)18(23)21-14-8-9-17(20-12-14)22-10-4-5-11-22/h2-3,6-9,12-13H,4-5,10-11H2,1H3,(H,21,23)/t13-/m1/s1. The van der Waals surface area contributed by atoms with E-state index < -0.39 is 6.10 Å². The molecule has 1 N–H and O–H groups in total. The van der Waals surface area contributed by atoms with Gasteiger partial charge in [0.25, 0.3) is 5.91 Å². The number of benzene rings is 1. The molecule has 1 saturated heterocycles. The third kappa shape index (κ3) is 3.97. The van der Waals surface area contributed by atoms with Crippen molar-refractivity contribution >= 4 is 29.0 Å². The van der Waals surface area contributed by atoms with Gasteiger partial charge < -0.3 is 15.0 Å². The molecular formula is C18H20ClN3O2. The van der Waals surface area contributed by atoms with Crippen LogP contribution in [0.2, 0.25) is 5.02 Å². The van der Waals surface area contributed by atoms with Crippen molar-refractivity contribution in [3.05, 3.63) is 47.6 Å². The van der Waals surface area contributed by atoms with Crippen LogP contribution in [0.5, 0.6) is 5.75 Å². The quantitative estimate of drug-likeness (QED) is 0.896. The molecule has 126 valence electrons. The van der Waals surface area contributed by atoms with E-state index >= 15 is 0 Å². The van der Waals surface area contributed by atoms with Crippen LogP contribution in [0.1, 0.15) is 19.8 Å². The molecule has 2 aromatic rings. The number of hydrogen-bond acceptors (Lipinski definition) is 4. The molecule has 0 saturated carbocycles. The van der Waals surface area contributed by atoms with Gasteiger partial charge in [0, 0.05) is 13.1 Å². The summed E-state index contributed by atoms with van der Waals surface area (Å²) in [6.45, 7) is 3.77. The van der Waals surface area contributed by atoms with Crippen LogP contribution in [-0.2, 0) is 4.79 Å². The zero-order chi connectivity index (χ0) is 16.9. The Morgan fingerprint density at radius 3 is 2.67 bits per heavy atom. The first-order valence-electron chi connectivity index (χ1n) is 8.06. The number of nitrogens with zero attached hydrogens (tertiary/aromatic N) is 2.